The molecule has 2 N–H and O–H groups in total. The number of ether oxygens (including phenoxy) is 3. The van der Waals surface area contributed by atoms with E-state index in [1.165, 1.54) is 54.7 Å². The summed E-state index contributed by atoms with van der Waals surface area (Å²) in [5.41, 5.74) is -3.88. The third-order valence-corrected chi connectivity index (χ3v) is 15.8. The highest BCUT2D eigenvalue weighted by molar-refractivity contribution is 8.76. The average Bonchev–Trinajstić information content (AvgIpc) is 3.51. The summed E-state index contributed by atoms with van der Waals surface area (Å²) >= 11 is 0. The molecule has 0 unspecified atom stereocenters. The smallest absolute Gasteiger partial charge is 0.435 e. The summed E-state index contributed by atoms with van der Waals surface area (Å²) in [7, 11) is 6.06. The minimum atomic E-state index is -6.74. The molecule has 17 heteroatoms. The van der Waals surface area contributed by atoms with Crippen molar-refractivity contribution in [1.82, 2.24) is 4.90 Å². The summed E-state index contributed by atoms with van der Waals surface area (Å²) in [5, 5.41) is 18.3. The Morgan fingerprint density at radius 3 is 2.02 bits per heavy atom. The summed E-state index contributed by atoms with van der Waals surface area (Å²) < 4.78 is 135. The van der Waals surface area contributed by atoms with Gasteiger partial charge in [0.1, 0.15) is 12.4 Å². The Hall–Kier alpha value is -1.11. The van der Waals surface area contributed by atoms with Gasteiger partial charge in [-0.3, -0.25) is 0 Å². The minimum Gasteiger partial charge on any atom is -0.492 e. The monoisotopic (exact) mass is 911 g/mol. The van der Waals surface area contributed by atoms with E-state index in [0.717, 1.165) is 76.6 Å². The molecule has 60 heavy (non-hydrogen) atoms. The molecule has 2 fully saturated rings. The molecule has 0 heterocycles. The zero-order valence-electron chi connectivity index (χ0n) is 35.1. The van der Waals surface area contributed by atoms with Gasteiger partial charge >= 0.3 is 24.1 Å². The summed E-state index contributed by atoms with van der Waals surface area (Å²) in [6, 6.07) is 6.40. The number of nitrogens with zero attached hydrogens (tertiary/aromatic N) is 1. The number of fused-ring (bicyclic) bond motifs is 5. The van der Waals surface area contributed by atoms with Gasteiger partial charge in [0.15, 0.2) is 0 Å². The van der Waals surface area contributed by atoms with Crippen LogP contribution < -0.4 is 4.74 Å². The summed E-state index contributed by atoms with van der Waals surface area (Å²) in [5.74, 6) is 4.33. The number of rotatable bonds is 27. The Morgan fingerprint density at radius 1 is 0.750 bits per heavy atom. The van der Waals surface area contributed by atoms with Crippen molar-refractivity contribution in [2.75, 3.05) is 64.7 Å². The summed E-state index contributed by atoms with van der Waals surface area (Å²) in [6.45, 7) is 3.01. The number of aryl methyl sites for hydroxylation is 1. The van der Waals surface area contributed by atoms with Crippen molar-refractivity contribution in [3.05, 3.63) is 29.3 Å². The van der Waals surface area contributed by atoms with Crippen molar-refractivity contribution < 1.29 is 63.9 Å². The predicted octanol–water partition coefficient (Wildman–Crippen LogP) is 11.6. The van der Waals surface area contributed by atoms with Gasteiger partial charge in [0.2, 0.25) is 0 Å². The maximum atomic E-state index is 13.2. The highest BCUT2D eigenvalue weighted by Gasteiger charge is 2.85. The molecule has 1 aromatic carbocycles. The van der Waals surface area contributed by atoms with E-state index in [2.05, 4.69) is 35.7 Å². The second kappa shape index (κ2) is 23.7. The zero-order valence-corrected chi connectivity index (χ0v) is 36.7. The van der Waals surface area contributed by atoms with E-state index in [-0.39, 0.29) is 37.3 Å². The van der Waals surface area contributed by atoms with Crippen LogP contribution in [-0.4, -0.2) is 110 Å². The second-order valence-electron chi connectivity index (χ2n) is 17.3. The van der Waals surface area contributed by atoms with Crippen molar-refractivity contribution in [1.29, 1.82) is 0 Å². The van der Waals surface area contributed by atoms with Crippen molar-refractivity contribution in [3.63, 3.8) is 0 Å². The molecular formula is C43H66F9NO5S2. The molecule has 3 aliphatic rings. The number of benzene rings is 1. The van der Waals surface area contributed by atoms with Crippen LogP contribution in [0.25, 0.3) is 0 Å². The molecular weight excluding hydrogens is 846 g/mol. The van der Waals surface area contributed by atoms with E-state index in [4.69, 9.17) is 19.7 Å². The molecule has 6 nitrogen and oxygen atoms in total. The SMILES string of the molecule is CN(CCCCCCSSCCCCCCC(CO)CO)CCOc1ccc2c(c1)CC[C@@H]1[C@@H]2CC[C@]2(C)[C@@H](OCCCOC(C(F)(F)F)(C(F)(F)F)C(F)(F)F)CC[C@@H]12. The number of alkyl halides is 9. The fraction of sp³-hybridized carbons (Fsp3) is 0.860. The molecule has 0 aliphatic heterocycles. The number of aliphatic hydroxyl groups is 2. The van der Waals surface area contributed by atoms with Crippen molar-refractivity contribution >= 4 is 21.6 Å². The quantitative estimate of drug-likeness (QED) is 0.0514. The number of aliphatic hydroxyl groups excluding tert-OH is 2. The first-order chi connectivity index (χ1) is 28.4. The Labute approximate surface area is 358 Å². The highest BCUT2D eigenvalue weighted by atomic mass is 33.1. The Bertz CT molecular complexity index is 1360. The van der Waals surface area contributed by atoms with Gasteiger partial charge in [-0.25, -0.2) is 0 Å². The summed E-state index contributed by atoms with van der Waals surface area (Å²) in [6.07, 6.45) is -5.51. The van der Waals surface area contributed by atoms with Crippen molar-refractivity contribution in [3.8, 4) is 5.75 Å². The Kier molecular flexibility index (Phi) is 20.4. The minimum absolute atomic E-state index is 0.0349. The molecule has 0 spiro atoms. The maximum absolute atomic E-state index is 13.2. The van der Waals surface area contributed by atoms with Gasteiger partial charge < -0.3 is 29.3 Å². The van der Waals surface area contributed by atoms with E-state index in [9.17, 15) is 39.5 Å². The van der Waals surface area contributed by atoms with Crippen molar-refractivity contribution in [2.45, 2.75) is 146 Å². The molecule has 0 amide bonds. The molecule has 0 saturated heterocycles. The van der Waals surface area contributed by atoms with Crippen LogP contribution in [0.3, 0.4) is 0 Å². The molecule has 5 atom stereocenters. The first-order valence-electron chi connectivity index (χ1n) is 21.8. The van der Waals surface area contributed by atoms with Crippen LogP contribution >= 0.6 is 21.6 Å². The number of unbranched alkanes of at least 4 members (excludes halogenated alkanes) is 6. The number of halogens is 9. The molecule has 348 valence electrons. The largest absolute Gasteiger partial charge is 0.492 e. The van der Waals surface area contributed by atoms with E-state index in [1.54, 1.807) is 0 Å². The van der Waals surface area contributed by atoms with Crippen LogP contribution in [-0.2, 0) is 15.9 Å². The Morgan fingerprint density at radius 2 is 1.38 bits per heavy atom. The molecule has 4 rings (SSSR count). The second-order valence-corrected chi connectivity index (χ2v) is 20.0. The fourth-order valence-corrected chi connectivity index (χ4v) is 12.0. The first kappa shape index (κ1) is 51.5. The van der Waals surface area contributed by atoms with Crippen LogP contribution in [0.4, 0.5) is 39.5 Å². The van der Waals surface area contributed by atoms with Gasteiger partial charge in [-0.15, -0.1) is 0 Å². The molecule has 0 aromatic heterocycles. The lowest BCUT2D eigenvalue weighted by Crippen LogP contribution is -2.67. The third-order valence-electron chi connectivity index (χ3n) is 13.2. The van der Waals surface area contributed by atoms with E-state index < -0.39 is 37.2 Å². The number of likely N-dealkylation sites (N-methyl/N-ethyl adjacent to an activating group) is 1. The first-order valence-corrected chi connectivity index (χ1v) is 24.2. The normalized spacial score (nSPS) is 23.6. The van der Waals surface area contributed by atoms with Crippen LogP contribution in [0.1, 0.15) is 120 Å². The molecule has 3 aliphatic carbocycles. The van der Waals surface area contributed by atoms with Gasteiger partial charge in [0, 0.05) is 43.8 Å². The lowest BCUT2D eigenvalue weighted by Gasteiger charge is -2.50. The molecule has 2 saturated carbocycles. The average molecular weight is 912 g/mol. The summed E-state index contributed by atoms with van der Waals surface area (Å²) in [4.78, 5) is 2.31. The maximum Gasteiger partial charge on any atom is 0.435 e. The molecule has 1 aromatic rings. The zero-order chi connectivity index (χ0) is 44.0. The van der Waals surface area contributed by atoms with Gasteiger partial charge in [0.25, 0.3) is 0 Å². The fourth-order valence-electron chi connectivity index (χ4n) is 9.74. The van der Waals surface area contributed by atoms with Gasteiger partial charge in [-0.05, 0) is 131 Å². The van der Waals surface area contributed by atoms with Gasteiger partial charge in [0.05, 0.1) is 12.7 Å². The van der Waals surface area contributed by atoms with Gasteiger partial charge in [-0.1, -0.05) is 66.7 Å². The third kappa shape index (κ3) is 13.5. The van der Waals surface area contributed by atoms with Crippen LogP contribution in [0.2, 0.25) is 0 Å². The van der Waals surface area contributed by atoms with Crippen molar-refractivity contribution in [2.24, 2.45) is 23.2 Å². The highest BCUT2D eigenvalue weighted by Crippen LogP contribution is 2.62. The molecule has 0 radical (unpaired) electrons. The molecule has 0 bridgehead atoms. The standard InChI is InChI=1S/C43H66F9NO5S2/c1-39-20-19-35-34-16-14-33(56-25-22-53(2)21-8-4-6-10-27-60-59-26-9-5-3-7-12-31(29-54)30-55)28-32(34)13-15-36(35)37(39)17-18-38(39)57-23-11-24-58-40(41(44,45)46,42(47,48)49)43(50,51)52/h14,16,28,31,35-38,54-55H,3-13,15,17-27,29-30H2,1-2H3/t35-,36-,37+,38+,39+/m1/s1. The number of hydrogen-bond donors (Lipinski definition) is 2. The van der Waals surface area contributed by atoms with Crippen LogP contribution in [0.15, 0.2) is 18.2 Å². The lowest BCUT2D eigenvalue weighted by atomic mass is 9.55. The van der Waals surface area contributed by atoms with Gasteiger partial charge in [-0.2, -0.15) is 39.5 Å². The predicted molar refractivity (Wildman–Crippen MR) is 219 cm³/mol. The number of hydrogen-bond acceptors (Lipinski definition) is 8. The van der Waals surface area contributed by atoms with E-state index >= 15 is 0 Å². The Balaban J connectivity index is 1.09. The van der Waals surface area contributed by atoms with E-state index in [0.29, 0.717) is 30.8 Å². The van der Waals surface area contributed by atoms with E-state index in [1.807, 2.05) is 27.7 Å². The topological polar surface area (TPSA) is 71.4 Å². The lowest BCUT2D eigenvalue weighted by molar-refractivity contribution is -0.457. The van der Waals surface area contributed by atoms with Crippen LogP contribution in [0, 0.1) is 23.2 Å². The van der Waals surface area contributed by atoms with Crippen LogP contribution in [0.5, 0.6) is 5.75 Å².